The average molecular weight is 410 g/mol. The number of aromatic nitrogens is 5. The van der Waals surface area contributed by atoms with E-state index in [1.165, 1.54) is 0 Å². The van der Waals surface area contributed by atoms with Gasteiger partial charge in [-0.2, -0.15) is 5.10 Å². The van der Waals surface area contributed by atoms with Crippen molar-refractivity contribution in [2.45, 2.75) is 57.0 Å². The zero-order valence-corrected chi connectivity index (χ0v) is 16.6. The number of benzene rings is 1. The molecule has 156 valence electrons. The third-order valence-electron chi connectivity index (χ3n) is 5.81. The maximum atomic E-state index is 14.7. The second-order valence-electron chi connectivity index (χ2n) is 7.93. The van der Waals surface area contributed by atoms with E-state index in [2.05, 4.69) is 25.6 Å². The van der Waals surface area contributed by atoms with Gasteiger partial charge >= 0.3 is 0 Å². The number of phenolic OH excluding ortho intramolecular Hbond substituents is 1. The summed E-state index contributed by atoms with van der Waals surface area (Å²) < 4.78 is 22.1. The van der Waals surface area contributed by atoms with Crippen molar-refractivity contribution >= 4 is 0 Å². The van der Waals surface area contributed by atoms with Crippen molar-refractivity contribution in [3.8, 4) is 28.6 Å². The largest absolute Gasteiger partial charge is 0.507 e. The highest BCUT2D eigenvalue weighted by molar-refractivity contribution is 5.68. The van der Waals surface area contributed by atoms with E-state index in [9.17, 15) is 9.50 Å². The first-order valence-corrected chi connectivity index (χ1v) is 10.2. The molecule has 2 aliphatic heterocycles. The Morgan fingerprint density at radius 1 is 1.20 bits per heavy atom. The molecule has 0 radical (unpaired) electrons. The predicted molar refractivity (Wildman–Crippen MR) is 107 cm³/mol. The maximum absolute atomic E-state index is 14.7. The lowest BCUT2D eigenvalue weighted by Gasteiger charge is -2.42. The summed E-state index contributed by atoms with van der Waals surface area (Å²) in [4.78, 5) is 4.09. The first-order chi connectivity index (χ1) is 14.6. The fourth-order valence-corrected chi connectivity index (χ4v) is 4.30. The van der Waals surface area contributed by atoms with Gasteiger partial charge in [0.2, 0.25) is 5.88 Å². The van der Waals surface area contributed by atoms with Crippen molar-refractivity contribution < 1.29 is 14.2 Å². The Morgan fingerprint density at radius 3 is 2.83 bits per heavy atom. The first kappa shape index (κ1) is 18.9. The van der Waals surface area contributed by atoms with Crippen LogP contribution in [0.5, 0.6) is 11.6 Å². The molecular weight excluding hydrogens is 387 g/mol. The Labute approximate surface area is 173 Å². The zero-order chi connectivity index (χ0) is 20.7. The Balaban J connectivity index is 1.31. The SMILES string of the molecule is Cc1ncn(-c2ccc(-c3ccc(O[C@@H]4C[C@H]5CCC[C@H](N5)[C@@H]4F)nn3)c(O)c2)n1. The minimum Gasteiger partial charge on any atom is -0.507 e. The van der Waals surface area contributed by atoms with E-state index < -0.39 is 12.3 Å². The standard InChI is InChI=1S/C21H23FN6O2/c1-12-23-11-28(27-12)14-5-6-15(18(29)10-14)16-7-8-20(26-25-16)30-19-9-13-3-2-4-17(24-13)21(19)22/h5-8,10-11,13,17,19,21,24,29H,2-4,9H2,1H3/t13-,17+,19-,21+/m1/s1. The van der Waals surface area contributed by atoms with Crippen molar-refractivity contribution in [1.82, 2.24) is 30.3 Å². The van der Waals surface area contributed by atoms with Gasteiger partial charge in [0.05, 0.1) is 11.4 Å². The van der Waals surface area contributed by atoms with Gasteiger partial charge in [0.1, 0.15) is 24.0 Å². The fraction of sp³-hybridized carbons (Fsp3) is 0.429. The van der Waals surface area contributed by atoms with Crippen molar-refractivity contribution in [3.63, 3.8) is 0 Å². The number of ether oxygens (including phenoxy) is 1. The Bertz CT molecular complexity index is 1040. The summed E-state index contributed by atoms with van der Waals surface area (Å²) in [5, 5.41) is 26.3. The number of hydrogen-bond donors (Lipinski definition) is 2. The third-order valence-corrected chi connectivity index (χ3v) is 5.81. The number of alkyl halides is 1. The molecule has 5 rings (SSSR count). The monoisotopic (exact) mass is 410 g/mol. The molecule has 9 heteroatoms. The molecule has 8 nitrogen and oxygen atoms in total. The molecule has 2 aromatic heterocycles. The molecule has 2 aliphatic rings. The van der Waals surface area contributed by atoms with Gasteiger partial charge in [-0.1, -0.05) is 6.42 Å². The highest BCUT2D eigenvalue weighted by Gasteiger charge is 2.41. The van der Waals surface area contributed by atoms with Crippen molar-refractivity contribution in [2.75, 3.05) is 0 Å². The third kappa shape index (κ3) is 3.60. The van der Waals surface area contributed by atoms with Crippen LogP contribution in [0.2, 0.25) is 0 Å². The molecule has 0 spiro atoms. The molecule has 2 saturated heterocycles. The molecular formula is C21H23FN6O2. The van der Waals surface area contributed by atoms with E-state index in [0.717, 1.165) is 19.3 Å². The number of piperidine rings is 2. The van der Waals surface area contributed by atoms with Crippen LogP contribution in [0, 0.1) is 6.92 Å². The van der Waals surface area contributed by atoms with Crippen molar-refractivity contribution in [1.29, 1.82) is 0 Å². The summed E-state index contributed by atoms with van der Waals surface area (Å²) in [5.74, 6) is 0.993. The van der Waals surface area contributed by atoms with Crippen LogP contribution >= 0.6 is 0 Å². The smallest absolute Gasteiger partial charge is 0.233 e. The van der Waals surface area contributed by atoms with Crippen LogP contribution < -0.4 is 10.1 Å². The number of nitrogens with zero attached hydrogens (tertiary/aromatic N) is 5. The molecule has 2 bridgehead atoms. The van der Waals surface area contributed by atoms with E-state index in [4.69, 9.17) is 4.74 Å². The predicted octanol–water partition coefficient (Wildman–Crippen LogP) is 2.74. The minimum absolute atomic E-state index is 0.0543. The molecule has 1 aromatic carbocycles. The Kier molecular flexibility index (Phi) is 4.82. The van der Waals surface area contributed by atoms with Crippen molar-refractivity contribution in [3.05, 3.63) is 42.5 Å². The summed E-state index contributed by atoms with van der Waals surface area (Å²) in [7, 11) is 0. The lowest BCUT2D eigenvalue weighted by atomic mass is 9.84. The van der Waals surface area contributed by atoms with Crippen molar-refractivity contribution in [2.24, 2.45) is 0 Å². The second kappa shape index (κ2) is 7.64. The molecule has 3 aromatic rings. The van der Waals surface area contributed by atoms with Crippen LogP contribution in [0.15, 0.2) is 36.7 Å². The summed E-state index contributed by atoms with van der Waals surface area (Å²) in [6, 6.07) is 8.70. The van der Waals surface area contributed by atoms with Crippen LogP contribution in [-0.2, 0) is 0 Å². The highest BCUT2D eigenvalue weighted by atomic mass is 19.1. The Hall–Kier alpha value is -3.07. The highest BCUT2D eigenvalue weighted by Crippen LogP contribution is 2.32. The number of rotatable bonds is 4. The fourth-order valence-electron chi connectivity index (χ4n) is 4.30. The van der Waals surface area contributed by atoms with Crippen LogP contribution in [0.25, 0.3) is 16.9 Å². The first-order valence-electron chi connectivity index (χ1n) is 10.2. The van der Waals surface area contributed by atoms with Crippen LogP contribution in [0.3, 0.4) is 0 Å². The normalized spacial score (nSPS) is 25.8. The summed E-state index contributed by atoms with van der Waals surface area (Å²) >= 11 is 0. The van der Waals surface area contributed by atoms with E-state index in [1.807, 2.05) is 6.07 Å². The molecule has 4 heterocycles. The number of aromatic hydroxyl groups is 1. The van der Waals surface area contributed by atoms with E-state index in [1.54, 1.807) is 42.2 Å². The van der Waals surface area contributed by atoms with Crippen LogP contribution in [0.1, 0.15) is 31.5 Å². The molecule has 30 heavy (non-hydrogen) atoms. The topological polar surface area (TPSA) is 98.0 Å². The number of hydrogen-bond acceptors (Lipinski definition) is 7. The lowest BCUT2D eigenvalue weighted by molar-refractivity contribution is 0.00652. The molecule has 2 N–H and O–H groups in total. The number of nitrogens with one attached hydrogen (secondary N) is 1. The molecule has 0 unspecified atom stereocenters. The van der Waals surface area contributed by atoms with Gasteiger partial charge in [-0.05, 0) is 38.0 Å². The number of aryl methyl sites for hydroxylation is 1. The Morgan fingerprint density at radius 2 is 2.10 bits per heavy atom. The quantitative estimate of drug-likeness (QED) is 0.682. The molecule has 0 amide bonds. The van der Waals surface area contributed by atoms with Gasteiger partial charge in [-0.3, -0.25) is 0 Å². The number of halogens is 1. The minimum atomic E-state index is -1.06. The van der Waals surface area contributed by atoms with Gasteiger partial charge in [-0.15, -0.1) is 10.2 Å². The summed E-state index contributed by atoms with van der Waals surface area (Å²) in [6.45, 7) is 1.80. The van der Waals surface area contributed by atoms with Gasteiger partial charge in [0.25, 0.3) is 0 Å². The van der Waals surface area contributed by atoms with Gasteiger partial charge < -0.3 is 15.2 Å². The summed E-state index contributed by atoms with van der Waals surface area (Å²) in [6.07, 6.45) is 3.60. The lowest BCUT2D eigenvalue weighted by Crippen LogP contribution is -2.59. The maximum Gasteiger partial charge on any atom is 0.233 e. The molecule has 4 atom stereocenters. The average Bonchev–Trinajstić information content (AvgIpc) is 3.19. The second-order valence-corrected chi connectivity index (χ2v) is 7.93. The van der Waals surface area contributed by atoms with Gasteiger partial charge in [0.15, 0.2) is 6.17 Å². The van der Waals surface area contributed by atoms with Gasteiger partial charge in [-0.25, -0.2) is 14.1 Å². The van der Waals surface area contributed by atoms with E-state index in [-0.39, 0.29) is 11.8 Å². The van der Waals surface area contributed by atoms with E-state index in [0.29, 0.717) is 41.1 Å². The van der Waals surface area contributed by atoms with E-state index >= 15 is 0 Å². The van der Waals surface area contributed by atoms with Crippen LogP contribution in [-0.4, -0.2) is 54.4 Å². The van der Waals surface area contributed by atoms with Crippen LogP contribution in [0.4, 0.5) is 4.39 Å². The number of phenols is 1. The van der Waals surface area contributed by atoms with Gasteiger partial charge in [0, 0.05) is 36.2 Å². The number of fused-ring (bicyclic) bond motifs is 2. The molecule has 2 fully saturated rings. The molecule has 0 saturated carbocycles. The molecule has 0 aliphatic carbocycles. The zero-order valence-electron chi connectivity index (χ0n) is 16.6. The summed E-state index contributed by atoms with van der Waals surface area (Å²) in [5.41, 5.74) is 1.73.